The highest BCUT2D eigenvalue weighted by molar-refractivity contribution is 6.30. The van der Waals surface area contributed by atoms with E-state index in [4.69, 9.17) is 25.8 Å². The van der Waals surface area contributed by atoms with Gasteiger partial charge in [-0.3, -0.25) is 0 Å². The summed E-state index contributed by atoms with van der Waals surface area (Å²) in [6, 6.07) is 24.6. The van der Waals surface area contributed by atoms with Gasteiger partial charge >= 0.3 is 0 Å². The highest BCUT2D eigenvalue weighted by atomic mass is 79.9. The minimum Gasteiger partial charge on any atom is -1.00 e. The fourth-order valence-corrected chi connectivity index (χ4v) is 5.33. The van der Waals surface area contributed by atoms with Crippen LogP contribution in [0.2, 0.25) is 5.02 Å². The van der Waals surface area contributed by atoms with Gasteiger partial charge in [-0.15, -0.1) is 0 Å². The number of halogens is 2. The second kappa shape index (κ2) is 15.3. The van der Waals surface area contributed by atoms with Crippen LogP contribution in [-0.2, 0) is 23.3 Å². The third-order valence-electron chi connectivity index (χ3n) is 6.77. The van der Waals surface area contributed by atoms with Gasteiger partial charge in [0.15, 0.2) is 0 Å². The largest absolute Gasteiger partial charge is 1.00 e. The van der Waals surface area contributed by atoms with Crippen molar-refractivity contribution in [3.8, 4) is 11.5 Å². The molecule has 220 valence electrons. The predicted molar refractivity (Wildman–Crippen MR) is 163 cm³/mol. The first kappa shape index (κ1) is 34.2. The normalized spacial score (nSPS) is 12.1. The number of hydrogen-bond acceptors (Lipinski definition) is 3. The van der Waals surface area contributed by atoms with E-state index in [0.717, 1.165) is 46.1 Å². The molecule has 4 nitrogen and oxygen atoms in total. The molecular weight excluding hydrogens is 586 g/mol. The first-order valence-corrected chi connectivity index (χ1v) is 14.3. The summed E-state index contributed by atoms with van der Waals surface area (Å²) in [4.78, 5) is 0. The van der Waals surface area contributed by atoms with Gasteiger partial charge < -0.3 is 35.7 Å². The Bertz CT molecular complexity index is 1160. The van der Waals surface area contributed by atoms with Crippen LogP contribution in [-0.4, -0.2) is 44.9 Å². The van der Waals surface area contributed by atoms with E-state index in [9.17, 15) is 0 Å². The average Bonchev–Trinajstić information content (AvgIpc) is 2.84. The SMILES string of the molecule is CC(C)(C)CC(C)(C)c1ccc(OCCOCC[N+](C)(C)Cc2ccc(OCc3cccc(Cl)c3)cc2)cc1.[Br-]. The maximum absolute atomic E-state index is 6.05. The Morgan fingerprint density at radius 1 is 0.725 bits per heavy atom. The second-order valence-corrected chi connectivity index (χ2v) is 13.4. The Labute approximate surface area is 258 Å². The molecule has 0 aliphatic heterocycles. The van der Waals surface area contributed by atoms with Crippen LogP contribution in [0, 0.1) is 5.41 Å². The smallest absolute Gasteiger partial charge is 0.119 e. The predicted octanol–water partition coefficient (Wildman–Crippen LogP) is 5.31. The molecule has 0 radical (unpaired) electrons. The lowest BCUT2D eigenvalue weighted by Gasteiger charge is -2.33. The quantitative estimate of drug-likeness (QED) is 0.178. The molecule has 0 N–H and O–H groups in total. The molecule has 0 aliphatic rings. The molecule has 6 heteroatoms. The van der Waals surface area contributed by atoms with Crippen LogP contribution < -0.4 is 26.5 Å². The molecule has 0 bridgehead atoms. The average molecular weight is 633 g/mol. The molecule has 0 unspecified atom stereocenters. The molecule has 0 aliphatic carbocycles. The van der Waals surface area contributed by atoms with E-state index in [1.165, 1.54) is 11.1 Å². The zero-order chi connectivity index (χ0) is 28.5. The van der Waals surface area contributed by atoms with Crippen molar-refractivity contribution in [3.63, 3.8) is 0 Å². The molecule has 0 heterocycles. The van der Waals surface area contributed by atoms with E-state index >= 15 is 0 Å². The van der Waals surface area contributed by atoms with Crippen molar-refractivity contribution in [2.45, 2.75) is 59.6 Å². The van der Waals surface area contributed by atoms with Crippen molar-refractivity contribution >= 4 is 11.6 Å². The first-order chi connectivity index (χ1) is 18.3. The molecule has 0 fully saturated rings. The van der Waals surface area contributed by atoms with E-state index in [1.54, 1.807) is 0 Å². The molecule has 0 saturated carbocycles. The standard InChI is InChI=1S/C34H47ClNO3.BrH/c1-33(2,3)26-34(4,5)29-13-17-31(18-14-29)38-22-21-37-20-19-36(6,7)24-27-11-15-32(16-12-27)39-25-28-9-8-10-30(35)23-28;/h8-18,23H,19-22,24-26H2,1-7H3;1H/q+1;/p-1. The lowest BCUT2D eigenvalue weighted by Crippen LogP contribution is -3.00. The van der Waals surface area contributed by atoms with Crippen molar-refractivity contribution in [1.82, 2.24) is 0 Å². The van der Waals surface area contributed by atoms with Gasteiger partial charge in [-0.25, -0.2) is 0 Å². The van der Waals surface area contributed by atoms with Crippen LogP contribution in [0.5, 0.6) is 11.5 Å². The monoisotopic (exact) mass is 631 g/mol. The van der Waals surface area contributed by atoms with Crippen LogP contribution in [0.4, 0.5) is 0 Å². The number of hydrogen-bond donors (Lipinski definition) is 0. The van der Waals surface area contributed by atoms with Crippen molar-refractivity contribution in [2.75, 3.05) is 40.5 Å². The van der Waals surface area contributed by atoms with E-state index in [0.29, 0.717) is 31.8 Å². The van der Waals surface area contributed by atoms with Crippen molar-refractivity contribution in [2.24, 2.45) is 5.41 Å². The number of likely N-dealkylation sites (N-methyl/N-ethyl adjacent to an activating group) is 1. The van der Waals surface area contributed by atoms with E-state index in [2.05, 4.69) is 85.1 Å². The molecule has 0 atom stereocenters. The zero-order valence-corrected chi connectivity index (χ0v) is 27.6. The maximum atomic E-state index is 6.05. The number of benzene rings is 3. The van der Waals surface area contributed by atoms with Crippen molar-refractivity contribution in [3.05, 3.63) is 94.5 Å². The van der Waals surface area contributed by atoms with Gasteiger partial charge in [0, 0.05) is 10.6 Å². The lowest BCUT2D eigenvalue weighted by atomic mass is 9.72. The van der Waals surface area contributed by atoms with Crippen LogP contribution in [0.1, 0.15) is 57.7 Å². The molecule has 3 rings (SSSR count). The van der Waals surface area contributed by atoms with Crippen LogP contribution in [0.25, 0.3) is 0 Å². The number of ether oxygens (including phenoxy) is 3. The molecular formula is C34H47BrClNO3. The van der Waals surface area contributed by atoms with Gasteiger partial charge in [0.2, 0.25) is 0 Å². The highest BCUT2D eigenvalue weighted by Crippen LogP contribution is 2.36. The van der Waals surface area contributed by atoms with Gasteiger partial charge in [0.05, 0.1) is 27.3 Å². The third-order valence-corrected chi connectivity index (χ3v) is 7.01. The molecule has 3 aromatic carbocycles. The van der Waals surface area contributed by atoms with E-state index in [-0.39, 0.29) is 22.4 Å². The lowest BCUT2D eigenvalue weighted by molar-refractivity contribution is -0.904. The summed E-state index contributed by atoms with van der Waals surface area (Å²) in [6.07, 6.45) is 1.13. The molecule has 0 amide bonds. The highest BCUT2D eigenvalue weighted by Gasteiger charge is 2.27. The van der Waals surface area contributed by atoms with Crippen LogP contribution in [0.3, 0.4) is 0 Å². The summed E-state index contributed by atoms with van der Waals surface area (Å²) >= 11 is 6.05. The second-order valence-electron chi connectivity index (χ2n) is 13.0. The summed E-state index contributed by atoms with van der Waals surface area (Å²) in [7, 11) is 4.46. The third kappa shape index (κ3) is 12.2. The fraction of sp³-hybridized carbons (Fsp3) is 0.471. The van der Waals surface area contributed by atoms with Gasteiger partial charge in [-0.1, -0.05) is 70.5 Å². The molecule has 0 aromatic heterocycles. The van der Waals surface area contributed by atoms with Crippen LogP contribution in [0.15, 0.2) is 72.8 Å². The minimum absolute atomic E-state index is 0. The fourth-order valence-electron chi connectivity index (χ4n) is 5.12. The zero-order valence-electron chi connectivity index (χ0n) is 25.3. The van der Waals surface area contributed by atoms with E-state index < -0.39 is 0 Å². The molecule has 3 aromatic rings. The Morgan fingerprint density at radius 2 is 1.35 bits per heavy atom. The summed E-state index contributed by atoms with van der Waals surface area (Å²) in [5.41, 5.74) is 4.11. The maximum Gasteiger partial charge on any atom is 0.119 e. The minimum atomic E-state index is 0. The van der Waals surface area contributed by atoms with Gasteiger partial charge in [-0.2, -0.15) is 0 Å². The molecule has 0 spiro atoms. The van der Waals surface area contributed by atoms with Crippen molar-refractivity contribution in [1.29, 1.82) is 0 Å². The van der Waals surface area contributed by atoms with Crippen LogP contribution >= 0.6 is 11.6 Å². The first-order valence-electron chi connectivity index (χ1n) is 13.9. The van der Waals surface area contributed by atoms with Gasteiger partial charge in [-0.05, 0) is 76.9 Å². The Kier molecular flexibility index (Phi) is 13.0. The summed E-state index contributed by atoms with van der Waals surface area (Å²) in [5.74, 6) is 1.75. The van der Waals surface area contributed by atoms with E-state index in [1.807, 2.05) is 36.4 Å². The van der Waals surface area contributed by atoms with Crippen molar-refractivity contribution < 1.29 is 35.7 Å². The Balaban J connectivity index is 0.00000560. The summed E-state index contributed by atoms with van der Waals surface area (Å²) in [6.45, 7) is 15.7. The number of rotatable bonds is 14. The summed E-state index contributed by atoms with van der Waals surface area (Å²) in [5, 5.41) is 0.726. The van der Waals surface area contributed by atoms with Gasteiger partial charge in [0.25, 0.3) is 0 Å². The Hall–Kier alpha value is -2.05. The number of nitrogens with zero attached hydrogens (tertiary/aromatic N) is 1. The Morgan fingerprint density at radius 3 is 1.98 bits per heavy atom. The molecule has 0 saturated heterocycles. The van der Waals surface area contributed by atoms with Gasteiger partial charge in [0.1, 0.15) is 37.8 Å². The summed E-state index contributed by atoms with van der Waals surface area (Å²) < 4.78 is 18.6. The number of quaternary nitrogens is 1. The topological polar surface area (TPSA) is 27.7 Å². The molecule has 40 heavy (non-hydrogen) atoms.